The maximum absolute atomic E-state index is 12.3. The molecule has 0 spiro atoms. The van der Waals surface area contributed by atoms with Crippen LogP contribution in [0.5, 0.6) is 0 Å². The molecule has 176 valence electrons. The van der Waals surface area contributed by atoms with Crippen molar-refractivity contribution in [2.24, 2.45) is 5.41 Å². The van der Waals surface area contributed by atoms with Crippen LogP contribution < -0.4 is 21.3 Å². The lowest BCUT2D eigenvalue weighted by Crippen LogP contribution is -2.27. The van der Waals surface area contributed by atoms with Gasteiger partial charge in [0, 0.05) is 34.6 Å². The lowest BCUT2D eigenvalue weighted by Gasteiger charge is -2.18. The molecule has 3 aromatic carbocycles. The number of carbonyl (C=O) groups is 3. The predicted molar refractivity (Wildman–Crippen MR) is 136 cm³/mol. The van der Waals surface area contributed by atoms with Crippen LogP contribution in [0, 0.1) is 5.41 Å². The van der Waals surface area contributed by atoms with Gasteiger partial charge in [0.1, 0.15) is 0 Å². The molecular weight excluding hydrogens is 428 g/mol. The minimum absolute atomic E-state index is 0.0537. The van der Waals surface area contributed by atoms with Crippen molar-refractivity contribution in [3.05, 3.63) is 90.0 Å². The molecule has 0 aliphatic heterocycles. The van der Waals surface area contributed by atoms with Gasteiger partial charge < -0.3 is 21.3 Å². The SMILES string of the molecule is CC(C)(C)C(=O)Nc1cccc(NC(=O)CNc2ccc(C(=O)NCc3ccccc3)cc2)c1. The first-order chi connectivity index (χ1) is 16.2. The summed E-state index contributed by atoms with van der Waals surface area (Å²) in [4.78, 5) is 36.8. The number of carbonyl (C=O) groups excluding carboxylic acids is 3. The molecule has 0 aliphatic rings. The summed E-state index contributed by atoms with van der Waals surface area (Å²) in [6.45, 7) is 6.02. The van der Waals surface area contributed by atoms with Gasteiger partial charge in [0.05, 0.1) is 6.54 Å². The molecule has 0 unspecified atom stereocenters. The minimum atomic E-state index is -0.513. The van der Waals surface area contributed by atoms with E-state index >= 15 is 0 Å². The lowest BCUT2D eigenvalue weighted by molar-refractivity contribution is -0.123. The highest BCUT2D eigenvalue weighted by atomic mass is 16.2. The van der Waals surface area contributed by atoms with Crippen molar-refractivity contribution in [2.75, 3.05) is 22.5 Å². The van der Waals surface area contributed by atoms with Crippen molar-refractivity contribution in [1.82, 2.24) is 5.32 Å². The number of nitrogens with one attached hydrogen (secondary N) is 4. The summed E-state index contributed by atoms with van der Waals surface area (Å²) in [6.07, 6.45) is 0. The Bertz CT molecular complexity index is 1140. The van der Waals surface area contributed by atoms with E-state index in [4.69, 9.17) is 0 Å². The average Bonchev–Trinajstić information content (AvgIpc) is 2.82. The van der Waals surface area contributed by atoms with E-state index in [1.807, 2.05) is 51.1 Å². The van der Waals surface area contributed by atoms with Gasteiger partial charge >= 0.3 is 0 Å². The fourth-order valence-electron chi connectivity index (χ4n) is 3.00. The molecule has 7 nitrogen and oxygen atoms in total. The topological polar surface area (TPSA) is 99.3 Å². The van der Waals surface area contributed by atoms with Crippen LogP contribution >= 0.6 is 0 Å². The van der Waals surface area contributed by atoms with Crippen LogP contribution in [0.15, 0.2) is 78.9 Å². The highest BCUT2D eigenvalue weighted by molar-refractivity contribution is 5.97. The Morgan fingerprint density at radius 2 is 1.38 bits per heavy atom. The smallest absolute Gasteiger partial charge is 0.251 e. The van der Waals surface area contributed by atoms with Crippen molar-refractivity contribution in [1.29, 1.82) is 0 Å². The molecule has 0 saturated carbocycles. The molecule has 3 rings (SSSR count). The first kappa shape index (κ1) is 24.5. The molecule has 0 fully saturated rings. The van der Waals surface area contributed by atoms with Crippen molar-refractivity contribution >= 4 is 34.8 Å². The van der Waals surface area contributed by atoms with E-state index in [9.17, 15) is 14.4 Å². The summed E-state index contributed by atoms with van der Waals surface area (Å²) in [5.74, 6) is -0.495. The van der Waals surface area contributed by atoms with Crippen LogP contribution in [0.1, 0.15) is 36.7 Å². The summed E-state index contributed by atoms with van der Waals surface area (Å²) >= 11 is 0. The van der Waals surface area contributed by atoms with Crippen LogP contribution in [0.25, 0.3) is 0 Å². The van der Waals surface area contributed by atoms with Crippen molar-refractivity contribution in [2.45, 2.75) is 27.3 Å². The monoisotopic (exact) mass is 458 g/mol. The van der Waals surface area contributed by atoms with Gasteiger partial charge in [-0.1, -0.05) is 57.2 Å². The number of benzene rings is 3. The highest BCUT2D eigenvalue weighted by Gasteiger charge is 2.21. The Kier molecular flexibility index (Phi) is 8.03. The zero-order valence-electron chi connectivity index (χ0n) is 19.6. The number of hydrogen-bond acceptors (Lipinski definition) is 4. The maximum atomic E-state index is 12.3. The van der Waals surface area contributed by atoms with E-state index in [2.05, 4.69) is 21.3 Å². The molecule has 0 radical (unpaired) electrons. The number of amides is 3. The zero-order chi connectivity index (χ0) is 24.6. The zero-order valence-corrected chi connectivity index (χ0v) is 19.6. The Hall–Kier alpha value is -4.13. The Balaban J connectivity index is 1.47. The summed E-state index contributed by atoms with van der Waals surface area (Å²) in [6, 6.07) is 23.6. The van der Waals surface area contributed by atoms with Gasteiger partial charge in [0.15, 0.2) is 0 Å². The van der Waals surface area contributed by atoms with E-state index in [0.29, 0.717) is 23.5 Å². The molecule has 0 aromatic heterocycles. The van der Waals surface area contributed by atoms with E-state index in [-0.39, 0.29) is 24.3 Å². The molecular formula is C27H30N4O3. The van der Waals surface area contributed by atoms with E-state index < -0.39 is 5.41 Å². The number of rotatable bonds is 8. The molecule has 3 aromatic rings. The summed E-state index contributed by atoms with van der Waals surface area (Å²) in [7, 11) is 0. The van der Waals surface area contributed by atoms with Crippen molar-refractivity contribution < 1.29 is 14.4 Å². The third-order valence-electron chi connectivity index (χ3n) is 4.98. The van der Waals surface area contributed by atoms with Gasteiger partial charge in [-0.05, 0) is 48.0 Å². The maximum Gasteiger partial charge on any atom is 0.251 e. The Labute approximate surface area is 200 Å². The third-order valence-corrected chi connectivity index (χ3v) is 4.98. The van der Waals surface area contributed by atoms with Gasteiger partial charge in [-0.3, -0.25) is 14.4 Å². The molecule has 0 bridgehead atoms. The van der Waals surface area contributed by atoms with Crippen molar-refractivity contribution in [3.8, 4) is 0 Å². The molecule has 7 heteroatoms. The standard InChI is InChI=1S/C27H30N4O3/c1-27(2,3)26(34)31-23-11-7-10-22(16-23)30-24(32)18-28-21-14-12-20(13-15-21)25(33)29-17-19-8-5-4-6-9-19/h4-16,28H,17-18H2,1-3H3,(H,29,33)(H,30,32)(H,31,34). The van der Waals surface area contributed by atoms with E-state index in [1.165, 1.54) is 0 Å². The largest absolute Gasteiger partial charge is 0.376 e. The van der Waals surface area contributed by atoms with E-state index in [0.717, 1.165) is 11.3 Å². The molecule has 0 aliphatic carbocycles. The molecule has 3 amide bonds. The minimum Gasteiger partial charge on any atom is -0.376 e. The van der Waals surface area contributed by atoms with Gasteiger partial charge in [-0.25, -0.2) is 0 Å². The predicted octanol–water partition coefficient (Wildman–Crippen LogP) is 4.65. The second kappa shape index (κ2) is 11.1. The van der Waals surface area contributed by atoms with Crippen molar-refractivity contribution in [3.63, 3.8) is 0 Å². The second-order valence-electron chi connectivity index (χ2n) is 8.93. The van der Waals surface area contributed by atoms with Gasteiger partial charge in [0.25, 0.3) is 5.91 Å². The third kappa shape index (κ3) is 7.48. The Morgan fingerprint density at radius 3 is 2.03 bits per heavy atom. The number of anilines is 3. The normalized spacial score (nSPS) is 10.8. The Morgan fingerprint density at radius 1 is 0.735 bits per heavy atom. The second-order valence-corrected chi connectivity index (χ2v) is 8.93. The molecule has 34 heavy (non-hydrogen) atoms. The fourth-order valence-corrected chi connectivity index (χ4v) is 3.00. The van der Waals surface area contributed by atoms with Gasteiger partial charge in [-0.2, -0.15) is 0 Å². The van der Waals surface area contributed by atoms with Gasteiger partial charge in [-0.15, -0.1) is 0 Å². The first-order valence-corrected chi connectivity index (χ1v) is 11.1. The summed E-state index contributed by atoms with van der Waals surface area (Å²) < 4.78 is 0. The first-order valence-electron chi connectivity index (χ1n) is 11.1. The van der Waals surface area contributed by atoms with Crippen LogP contribution in [0.4, 0.5) is 17.1 Å². The molecule has 0 saturated heterocycles. The lowest BCUT2D eigenvalue weighted by atomic mass is 9.95. The van der Waals surface area contributed by atoms with Crippen LogP contribution in [0.3, 0.4) is 0 Å². The molecule has 0 heterocycles. The number of hydrogen-bond donors (Lipinski definition) is 4. The van der Waals surface area contributed by atoms with Crippen LogP contribution in [-0.2, 0) is 16.1 Å². The van der Waals surface area contributed by atoms with Crippen LogP contribution in [0.2, 0.25) is 0 Å². The van der Waals surface area contributed by atoms with Crippen LogP contribution in [-0.4, -0.2) is 24.3 Å². The fraction of sp³-hybridized carbons (Fsp3) is 0.222. The highest BCUT2D eigenvalue weighted by Crippen LogP contribution is 2.20. The summed E-state index contributed by atoms with van der Waals surface area (Å²) in [5.41, 5.74) is 2.99. The molecule has 4 N–H and O–H groups in total. The van der Waals surface area contributed by atoms with Gasteiger partial charge in [0.2, 0.25) is 11.8 Å². The average molecular weight is 459 g/mol. The quantitative estimate of drug-likeness (QED) is 0.395. The summed E-state index contributed by atoms with van der Waals surface area (Å²) in [5, 5.41) is 11.6. The molecule has 0 atom stereocenters. The van der Waals surface area contributed by atoms with E-state index in [1.54, 1.807) is 48.5 Å².